The van der Waals surface area contributed by atoms with Gasteiger partial charge in [-0.25, -0.2) is 0 Å². The summed E-state index contributed by atoms with van der Waals surface area (Å²) in [4.78, 5) is 2.73. The summed E-state index contributed by atoms with van der Waals surface area (Å²) < 4.78 is 0. The summed E-state index contributed by atoms with van der Waals surface area (Å²) in [5, 5.41) is 3.57. The van der Waals surface area contributed by atoms with E-state index in [1.54, 1.807) is 0 Å². The van der Waals surface area contributed by atoms with E-state index in [-0.39, 0.29) is 0 Å². The lowest BCUT2D eigenvalue weighted by atomic mass is 9.84. The summed E-state index contributed by atoms with van der Waals surface area (Å²) in [5.41, 5.74) is 4.53. The van der Waals surface area contributed by atoms with Gasteiger partial charge in [0.25, 0.3) is 0 Å². The summed E-state index contributed by atoms with van der Waals surface area (Å²) in [7, 11) is 0. The van der Waals surface area contributed by atoms with Gasteiger partial charge < -0.3 is 5.32 Å². The molecule has 0 bridgehead atoms. The molecule has 1 aromatic rings. The summed E-state index contributed by atoms with van der Waals surface area (Å²) in [5.74, 6) is 1.63. The van der Waals surface area contributed by atoms with Crippen molar-refractivity contribution in [3.63, 3.8) is 0 Å². The maximum absolute atomic E-state index is 3.57. The monoisotopic (exact) mass is 272 g/mol. The molecule has 110 valence electrons. The van der Waals surface area contributed by atoms with Gasteiger partial charge in [0, 0.05) is 24.7 Å². The van der Waals surface area contributed by atoms with Crippen LogP contribution < -0.4 is 5.32 Å². The molecule has 1 N–H and O–H groups in total. The maximum atomic E-state index is 3.57. The lowest BCUT2D eigenvalue weighted by Crippen LogP contribution is -2.45. The average Bonchev–Trinajstić information content (AvgIpc) is 2.90. The Morgan fingerprint density at radius 3 is 2.40 bits per heavy atom. The molecule has 0 amide bonds. The summed E-state index contributed by atoms with van der Waals surface area (Å²) in [6.45, 7) is 15.3. The van der Waals surface area contributed by atoms with Crippen LogP contribution in [-0.2, 0) is 0 Å². The molecular weight excluding hydrogens is 244 g/mol. The third-order valence-corrected chi connectivity index (χ3v) is 5.61. The Kier molecular flexibility index (Phi) is 3.42. The zero-order valence-corrected chi connectivity index (χ0v) is 13.5. The van der Waals surface area contributed by atoms with Crippen molar-refractivity contribution in [1.29, 1.82) is 0 Å². The SMILES string of the molecule is Cc1cc(C)cc(C(C)N2CC3CNCC3C2(C)C)c1. The van der Waals surface area contributed by atoms with Crippen molar-refractivity contribution >= 4 is 0 Å². The smallest absolute Gasteiger partial charge is 0.0325 e. The van der Waals surface area contributed by atoms with E-state index in [2.05, 4.69) is 63.0 Å². The van der Waals surface area contributed by atoms with Crippen molar-refractivity contribution in [2.75, 3.05) is 19.6 Å². The highest BCUT2D eigenvalue weighted by Crippen LogP contribution is 2.44. The number of likely N-dealkylation sites (tertiary alicyclic amines) is 1. The third kappa shape index (κ3) is 2.19. The van der Waals surface area contributed by atoms with Crippen LogP contribution in [0.15, 0.2) is 18.2 Å². The van der Waals surface area contributed by atoms with Gasteiger partial charge in [0.15, 0.2) is 0 Å². The fraction of sp³-hybridized carbons (Fsp3) is 0.667. The van der Waals surface area contributed by atoms with Gasteiger partial charge in [0.05, 0.1) is 0 Å². The Labute approximate surface area is 123 Å². The summed E-state index contributed by atoms with van der Waals surface area (Å²) >= 11 is 0. The quantitative estimate of drug-likeness (QED) is 0.888. The second kappa shape index (κ2) is 4.85. The van der Waals surface area contributed by atoms with Crippen LogP contribution in [0.25, 0.3) is 0 Å². The molecule has 0 radical (unpaired) electrons. The Balaban J connectivity index is 1.89. The number of fused-ring (bicyclic) bond motifs is 1. The predicted molar refractivity (Wildman–Crippen MR) is 85.0 cm³/mol. The highest BCUT2D eigenvalue weighted by molar-refractivity contribution is 5.31. The first-order chi connectivity index (χ1) is 9.39. The molecule has 0 saturated carbocycles. The van der Waals surface area contributed by atoms with Crippen LogP contribution in [0.4, 0.5) is 0 Å². The van der Waals surface area contributed by atoms with E-state index < -0.39 is 0 Å². The van der Waals surface area contributed by atoms with Gasteiger partial charge in [-0.1, -0.05) is 29.3 Å². The zero-order valence-electron chi connectivity index (χ0n) is 13.5. The molecule has 0 aliphatic carbocycles. The van der Waals surface area contributed by atoms with Crippen LogP contribution in [0.2, 0.25) is 0 Å². The number of nitrogens with zero attached hydrogens (tertiary/aromatic N) is 1. The van der Waals surface area contributed by atoms with Gasteiger partial charge in [-0.15, -0.1) is 0 Å². The molecule has 2 aliphatic heterocycles. The lowest BCUT2D eigenvalue weighted by Gasteiger charge is -2.40. The van der Waals surface area contributed by atoms with Crippen LogP contribution in [0, 0.1) is 25.7 Å². The van der Waals surface area contributed by atoms with E-state index in [1.807, 2.05) is 0 Å². The van der Waals surface area contributed by atoms with E-state index in [0.717, 1.165) is 11.8 Å². The number of rotatable bonds is 2. The highest BCUT2D eigenvalue weighted by atomic mass is 15.3. The van der Waals surface area contributed by atoms with Gasteiger partial charge in [-0.3, -0.25) is 4.90 Å². The van der Waals surface area contributed by atoms with Crippen molar-refractivity contribution in [3.8, 4) is 0 Å². The molecule has 3 rings (SSSR count). The van der Waals surface area contributed by atoms with Crippen molar-refractivity contribution in [2.45, 2.75) is 46.2 Å². The molecule has 2 aliphatic rings. The molecule has 3 atom stereocenters. The number of hydrogen-bond donors (Lipinski definition) is 1. The molecule has 2 saturated heterocycles. The van der Waals surface area contributed by atoms with E-state index in [4.69, 9.17) is 0 Å². The maximum Gasteiger partial charge on any atom is 0.0325 e. The van der Waals surface area contributed by atoms with Gasteiger partial charge in [-0.2, -0.15) is 0 Å². The van der Waals surface area contributed by atoms with Gasteiger partial charge in [-0.05, 0) is 58.6 Å². The average molecular weight is 272 g/mol. The van der Waals surface area contributed by atoms with Crippen LogP contribution in [0.1, 0.15) is 43.5 Å². The van der Waals surface area contributed by atoms with Crippen molar-refractivity contribution in [2.24, 2.45) is 11.8 Å². The normalized spacial score (nSPS) is 30.4. The van der Waals surface area contributed by atoms with Crippen molar-refractivity contribution < 1.29 is 0 Å². The molecule has 1 aromatic carbocycles. The van der Waals surface area contributed by atoms with Crippen LogP contribution in [-0.4, -0.2) is 30.1 Å². The second-order valence-corrected chi connectivity index (χ2v) is 7.43. The highest BCUT2D eigenvalue weighted by Gasteiger charge is 2.50. The van der Waals surface area contributed by atoms with Gasteiger partial charge in [0.2, 0.25) is 0 Å². The lowest BCUT2D eigenvalue weighted by molar-refractivity contribution is 0.0970. The first-order valence-corrected chi connectivity index (χ1v) is 7.95. The molecule has 20 heavy (non-hydrogen) atoms. The Morgan fingerprint density at radius 1 is 1.15 bits per heavy atom. The summed E-state index contributed by atoms with van der Waals surface area (Å²) in [6, 6.07) is 7.50. The number of aryl methyl sites for hydroxylation is 2. The molecule has 0 spiro atoms. The zero-order chi connectivity index (χ0) is 14.5. The van der Waals surface area contributed by atoms with Crippen molar-refractivity contribution in [3.05, 3.63) is 34.9 Å². The fourth-order valence-corrected chi connectivity index (χ4v) is 4.54. The molecule has 2 fully saturated rings. The van der Waals surface area contributed by atoms with Gasteiger partial charge >= 0.3 is 0 Å². The molecule has 2 heterocycles. The van der Waals surface area contributed by atoms with Crippen molar-refractivity contribution in [1.82, 2.24) is 10.2 Å². The number of benzene rings is 1. The first kappa shape index (κ1) is 14.1. The Hall–Kier alpha value is -0.860. The molecule has 0 aromatic heterocycles. The minimum atomic E-state index is 0.297. The minimum Gasteiger partial charge on any atom is -0.316 e. The van der Waals surface area contributed by atoms with E-state index in [0.29, 0.717) is 11.6 Å². The second-order valence-electron chi connectivity index (χ2n) is 7.43. The van der Waals surface area contributed by atoms with E-state index >= 15 is 0 Å². The molecule has 2 nitrogen and oxygen atoms in total. The summed E-state index contributed by atoms with van der Waals surface area (Å²) in [6.07, 6.45) is 0. The number of nitrogens with one attached hydrogen (secondary N) is 1. The van der Waals surface area contributed by atoms with Crippen LogP contribution in [0.5, 0.6) is 0 Å². The Morgan fingerprint density at radius 2 is 1.80 bits per heavy atom. The van der Waals surface area contributed by atoms with E-state index in [1.165, 1.54) is 36.3 Å². The fourth-order valence-electron chi connectivity index (χ4n) is 4.54. The standard InChI is InChI=1S/C18H28N2/c1-12-6-13(2)8-15(7-12)14(3)20-11-16-9-19-10-17(16)18(20,4)5/h6-8,14,16-17,19H,9-11H2,1-5H3. The predicted octanol–water partition coefficient (Wildman–Crippen LogP) is 3.29. The number of hydrogen-bond acceptors (Lipinski definition) is 2. The Bertz CT molecular complexity index is 486. The van der Waals surface area contributed by atoms with E-state index in [9.17, 15) is 0 Å². The molecule has 3 unspecified atom stereocenters. The largest absolute Gasteiger partial charge is 0.316 e. The third-order valence-electron chi connectivity index (χ3n) is 5.61. The van der Waals surface area contributed by atoms with Crippen LogP contribution in [0.3, 0.4) is 0 Å². The first-order valence-electron chi connectivity index (χ1n) is 7.95. The van der Waals surface area contributed by atoms with Gasteiger partial charge in [0.1, 0.15) is 0 Å². The van der Waals surface area contributed by atoms with Crippen LogP contribution >= 0.6 is 0 Å². The minimum absolute atomic E-state index is 0.297. The molecular formula is C18H28N2. The molecule has 2 heteroatoms. The topological polar surface area (TPSA) is 15.3 Å².